The summed E-state index contributed by atoms with van der Waals surface area (Å²) in [6.45, 7) is 1.74. The van der Waals surface area contributed by atoms with Crippen molar-refractivity contribution in [2.24, 2.45) is 0 Å². The van der Waals surface area contributed by atoms with E-state index in [2.05, 4.69) is 10.3 Å². The van der Waals surface area contributed by atoms with Crippen LogP contribution in [0.15, 0.2) is 29.8 Å². The van der Waals surface area contributed by atoms with Crippen LogP contribution >= 0.6 is 11.3 Å². The maximum atomic E-state index is 12.7. The summed E-state index contributed by atoms with van der Waals surface area (Å²) in [5.41, 5.74) is -1.21. The van der Waals surface area contributed by atoms with E-state index in [1.165, 1.54) is 17.5 Å². The van der Waals surface area contributed by atoms with Crippen molar-refractivity contribution in [3.05, 3.63) is 56.2 Å². The van der Waals surface area contributed by atoms with Gasteiger partial charge in [-0.2, -0.15) is 18.4 Å². The Labute approximate surface area is 138 Å². The number of alkyl halides is 3. The number of nitrogens with one attached hydrogen (secondary N) is 1. The monoisotopic (exact) mass is 354 g/mol. The predicted molar refractivity (Wildman–Crippen MR) is 82.2 cm³/mol. The first-order valence-electron chi connectivity index (χ1n) is 6.37. The molecule has 124 valence electrons. The Morgan fingerprint density at radius 2 is 2.21 bits per heavy atom. The van der Waals surface area contributed by atoms with Crippen LogP contribution < -0.4 is 5.32 Å². The molecular formula is C14H9F3N4O2S. The molecule has 0 bridgehead atoms. The van der Waals surface area contributed by atoms with Crippen molar-refractivity contribution in [1.82, 2.24) is 4.98 Å². The third-order valence-corrected chi connectivity index (χ3v) is 3.86. The zero-order valence-corrected chi connectivity index (χ0v) is 12.9. The fourth-order valence-corrected chi connectivity index (χ4v) is 2.51. The summed E-state index contributed by atoms with van der Waals surface area (Å²) in [6, 6.07) is 3.99. The summed E-state index contributed by atoms with van der Waals surface area (Å²) in [7, 11) is 0. The Morgan fingerprint density at radius 1 is 1.50 bits per heavy atom. The van der Waals surface area contributed by atoms with Crippen molar-refractivity contribution in [3.63, 3.8) is 0 Å². The third-order valence-electron chi connectivity index (χ3n) is 2.86. The molecule has 0 saturated carbocycles. The van der Waals surface area contributed by atoms with Crippen molar-refractivity contribution >= 4 is 28.3 Å². The lowest BCUT2D eigenvalue weighted by Crippen LogP contribution is -2.06. The summed E-state index contributed by atoms with van der Waals surface area (Å²) >= 11 is 1.21. The van der Waals surface area contributed by atoms with Gasteiger partial charge in [0.15, 0.2) is 0 Å². The quantitative estimate of drug-likeness (QED) is 0.500. The molecule has 0 fully saturated rings. The summed E-state index contributed by atoms with van der Waals surface area (Å²) in [4.78, 5) is 14.2. The molecule has 1 heterocycles. The molecule has 6 nitrogen and oxygen atoms in total. The summed E-state index contributed by atoms with van der Waals surface area (Å²) in [5, 5.41) is 24.7. The number of hydrogen-bond donors (Lipinski definition) is 1. The predicted octanol–water partition coefficient (Wildman–Crippen LogP) is 4.36. The minimum atomic E-state index is -4.69. The fourth-order valence-electron chi connectivity index (χ4n) is 1.75. The molecule has 0 spiro atoms. The van der Waals surface area contributed by atoms with Crippen LogP contribution in [-0.2, 0) is 6.18 Å². The number of thiazole rings is 1. The summed E-state index contributed by atoms with van der Waals surface area (Å²) < 4.78 is 38.0. The SMILES string of the molecule is Cc1csc(/C(C#N)=C/Nc2ccc(C(F)(F)F)cc2[N+](=O)[O-])n1. The summed E-state index contributed by atoms with van der Waals surface area (Å²) in [5.74, 6) is 0. The standard InChI is InChI=1S/C14H9F3N4O2S/c1-8-7-24-13(20-8)9(5-18)6-19-11-3-2-10(14(15,16)17)4-12(11)21(22)23/h2-4,6-7,19H,1H3/b9-6+. The number of hydrogen-bond acceptors (Lipinski definition) is 6. The second kappa shape index (κ2) is 6.67. The third kappa shape index (κ3) is 3.88. The van der Waals surface area contributed by atoms with Crippen molar-refractivity contribution in [1.29, 1.82) is 5.26 Å². The average molecular weight is 354 g/mol. The van der Waals surface area contributed by atoms with Crippen molar-refractivity contribution in [3.8, 4) is 6.07 Å². The van der Waals surface area contributed by atoms with Gasteiger partial charge in [-0.1, -0.05) is 0 Å². The van der Waals surface area contributed by atoms with E-state index in [1.807, 2.05) is 6.07 Å². The highest BCUT2D eigenvalue weighted by Crippen LogP contribution is 2.35. The number of rotatable bonds is 4. The van der Waals surface area contributed by atoms with Gasteiger partial charge < -0.3 is 5.32 Å². The number of nitro groups is 1. The van der Waals surface area contributed by atoms with Crippen LogP contribution in [0.25, 0.3) is 5.57 Å². The molecule has 2 rings (SSSR count). The van der Waals surface area contributed by atoms with E-state index in [-0.39, 0.29) is 11.3 Å². The van der Waals surface area contributed by atoms with Crippen LogP contribution in [-0.4, -0.2) is 9.91 Å². The van der Waals surface area contributed by atoms with Crippen LogP contribution in [0.3, 0.4) is 0 Å². The van der Waals surface area contributed by atoms with Crippen molar-refractivity contribution in [2.75, 3.05) is 5.32 Å². The number of nitrogens with zero attached hydrogens (tertiary/aromatic N) is 3. The van der Waals surface area contributed by atoms with Crippen LogP contribution in [0.2, 0.25) is 0 Å². The Kier molecular flexibility index (Phi) is 4.85. The first-order valence-corrected chi connectivity index (χ1v) is 7.25. The average Bonchev–Trinajstić information content (AvgIpc) is 2.93. The van der Waals surface area contributed by atoms with Crippen LogP contribution in [0.4, 0.5) is 24.5 Å². The number of nitriles is 1. The van der Waals surface area contributed by atoms with E-state index in [4.69, 9.17) is 5.26 Å². The van der Waals surface area contributed by atoms with E-state index in [1.54, 1.807) is 12.3 Å². The number of nitro benzene ring substituents is 1. The number of allylic oxidation sites excluding steroid dienone is 1. The first kappa shape index (κ1) is 17.4. The molecule has 0 unspecified atom stereocenters. The number of benzene rings is 1. The van der Waals surface area contributed by atoms with Gasteiger partial charge in [0, 0.05) is 23.3 Å². The molecule has 0 aliphatic carbocycles. The van der Waals surface area contributed by atoms with Crippen LogP contribution in [0.5, 0.6) is 0 Å². The van der Waals surface area contributed by atoms with E-state index in [0.717, 1.165) is 12.1 Å². The molecule has 1 N–H and O–H groups in total. The molecule has 0 saturated heterocycles. The Morgan fingerprint density at radius 3 is 2.71 bits per heavy atom. The molecule has 2 aromatic rings. The van der Waals surface area contributed by atoms with E-state index in [9.17, 15) is 23.3 Å². The van der Waals surface area contributed by atoms with Gasteiger partial charge >= 0.3 is 6.18 Å². The highest BCUT2D eigenvalue weighted by Gasteiger charge is 2.32. The smallest absolute Gasteiger partial charge is 0.355 e. The minimum Gasteiger partial charge on any atom is -0.355 e. The molecule has 0 atom stereocenters. The van der Waals surface area contributed by atoms with Crippen LogP contribution in [0, 0.1) is 28.4 Å². The molecule has 10 heteroatoms. The largest absolute Gasteiger partial charge is 0.416 e. The highest BCUT2D eigenvalue weighted by molar-refractivity contribution is 7.10. The highest BCUT2D eigenvalue weighted by atomic mass is 32.1. The molecule has 0 aliphatic rings. The zero-order valence-electron chi connectivity index (χ0n) is 12.1. The molecule has 0 aliphatic heterocycles. The Hall–Kier alpha value is -2.93. The molecular weight excluding hydrogens is 345 g/mol. The first-order chi connectivity index (χ1) is 11.2. The van der Waals surface area contributed by atoms with Gasteiger partial charge in [0.25, 0.3) is 5.69 Å². The number of anilines is 1. The lowest BCUT2D eigenvalue weighted by Gasteiger charge is -2.08. The molecule has 24 heavy (non-hydrogen) atoms. The number of aryl methyl sites for hydroxylation is 1. The molecule has 0 radical (unpaired) electrons. The normalized spacial score (nSPS) is 11.9. The Balaban J connectivity index is 2.37. The van der Waals surface area contributed by atoms with Gasteiger partial charge in [-0.05, 0) is 19.1 Å². The minimum absolute atomic E-state index is 0.113. The van der Waals surface area contributed by atoms with Crippen molar-refractivity contribution < 1.29 is 18.1 Å². The maximum absolute atomic E-state index is 12.7. The zero-order chi connectivity index (χ0) is 17.9. The van der Waals surface area contributed by atoms with Gasteiger partial charge in [0.1, 0.15) is 22.3 Å². The fraction of sp³-hybridized carbons (Fsp3) is 0.143. The topological polar surface area (TPSA) is 91.8 Å². The number of halogens is 3. The lowest BCUT2D eigenvalue weighted by atomic mass is 10.1. The van der Waals surface area contributed by atoms with Gasteiger partial charge in [-0.3, -0.25) is 10.1 Å². The Bertz CT molecular complexity index is 852. The maximum Gasteiger partial charge on any atom is 0.416 e. The van der Waals surface area contributed by atoms with Crippen molar-refractivity contribution in [2.45, 2.75) is 13.1 Å². The van der Waals surface area contributed by atoms with Gasteiger partial charge in [0.2, 0.25) is 0 Å². The summed E-state index contributed by atoms with van der Waals surface area (Å²) in [6.07, 6.45) is -3.51. The second-order valence-electron chi connectivity index (χ2n) is 4.59. The van der Waals surface area contributed by atoms with E-state index < -0.39 is 22.4 Å². The number of aromatic nitrogens is 1. The molecule has 1 aromatic heterocycles. The van der Waals surface area contributed by atoms with E-state index in [0.29, 0.717) is 16.8 Å². The van der Waals surface area contributed by atoms with E-state index >= 15 is 0 Å². The van der Waals surface area contributed by atoms with Gasteiger partial charge in [-0.15, -0.1) is 11.3 Å². The van der Waals surface area contributed by atoms with Gasteiger partial charge in [0.05, 0.1) is 10.5 Å². The second-order valence-corrected chi connectivity index (χ2v) is 5.45. The lowest BCUT2D eigenvalue weighted by molar-refractivity contribution is -0.384. The van der Waals surface area contributed by atoms with Crippen LogP contribution in [0.1, 0.15) is 16.3 Å². The molecule has 1 aromatic carbocycles. The molecule has 0 amide bonds. The van der Waals surface area contributed by atoms with Gasteiger partial charge in [-0.25, -0.2) is 4.98 Å².